The van der Waals surface area contributed by atoms with Gasteiger partial charge in [-0.3, -0.25) is 0 Å². The number of methoxy groups -OCH3 is 6. The van der Waals surface area contributed by atoms with E-state index in [0.717, 1.165) is 86.9 Å². The van der Waals surface area contributed by atoms with E-state index < -0.39 is 0 Å². The van der Waals surface area contributed by atoms with Crippen LogP contribution in [0.25, 0.3) is 188 Å². The molecule has 17 aromatic carbocycles. The second kappa shape index (κ2) is 35.8. The molecular formula is C104H80N12O12. The molecule has 24 nitrogen and oxygen atoms in total. The Hall–Kier alpha value is -17.0. The van der Waals surface area contributed by atoms with Gasteiger partial charge in [-0.15, -0.1) is 0 Å². The van der Waals surface area contributed by atoms with E-state index in [1.807, 2.05) is 86.6 Å². The maximum Gasteiger partial charge on any atom is 0.320 e. The molecule has 0 saturated heterocycles. The lowest BCUT2D eigenvalue weighted by molar-refractivity contribution is 0.312. The molecule has 0 aliphatic carbocycles. The zero-order chi connectivity index (χ0) is 88.1. The molecule has 4 heterocycles. The fourth-order valence-corrected chi connectivity index (χ4v) is 15.8. The Morgan fingerprint density at radius 2 is 0.555 bits per heavy atom. The molecule has 4 N–H and O–H groups in total. The zero-order valence-electron chi connectivity index (χ0n) is 70.5. The molecule has 0 bridgehead atoms. The van der Waals surface area contributed by atoms with Crippen molar-refractivity contribution < 1.29 is 58.3 Å². The van der Waals surface area contributed by atoms with Crippen LogP contribution in [0, 0.1) is 0 Å². The van der Waals surface area contributed by atoms with Crippen molar-refractivity contribution in [2.45, 2.75) is 13.8 Å². The number of phenolic OH excluding ortho intramolecular Hbond substituents is 4. The molecule has 0 aliphatic heterocycles. The van der Waals surface area contributed by atoms with Crippen LogP contribution in [0.3, 0.4) is 0 Å². The molecule has 0 amide bonds. The van der Waals surface area contributed by atoms with Crippen LogP contribution in [-0.2, 0) is 0 Å². The predicted octanol–water partition coefficient (Wildman–Crippen LogP) is 22.3. The highest BCUT2D eigenvalue weighted by Gasteiger charge is 2.24. The maximum absolute atomic E-state index is 10.6. The van der Waals surface area contributed by atoms with Crippen molar-refractivity contribution in [1.29, 1.82) is 0 Å². The van der Waals surface area contributed by atoms with Crippen LogP contribution in [-0.4, -0.2) is 136 Å². The van der Waals surface area contributed by atoms with Crippen molar-refractivity contribution in [1.82, 2.24) is 59.8 Å². The summed E-state index contributed by atoms with van der Waals surface area (Å²) in [6, 6.07) is 95.4. The minimum absolute atomic E-state index is 0.0151. The Balaban J connectivity index is 0.000000115. The highest BCUT2D eigenvalue weighted by atomic mass is 16.5. The van der Waals surface area contributed by atoms with Gasteiger partial charge in [0.2, 0.25) is 0 Å². The predicted molar refractivity (Wildman–Crippen MR) is 500 cm³/mol. The first kappa shape index (κ1) is 82.0. The van der Waals surface area contributed by atoms with Gasteiger partial charge in [0.25, 0.3) is 0 Å². The molecule has 21 aromatic rings. The van der Waals surface area contributed by atoms with Crippen LogP contribution >= 0.6 is 0 Å². The summed E-state index contributed by atoms with van der Waals surface area (Å²) in [5, 5.41) is 62.4. The molecule has 4 aromatic heterocycles. The number of ether oxygens (including phenoxy) is 8. The van der Waals surface area contributed by atoms with Crippen LogP contribution in [0.15, 0.2) is 291 Å². The topological polar surface area (TPSA) is 309 Å². The molecule has 628 valence electrons. The first-order valence-corrected chi connectivity index (χ1v) is 40.9. The first-order chi connectivity index (χ1) is 62.6. The van der Waals surface area contributed by atoms with E-state index in [-0.39, 0.29) is 47.0 Å². The number of nitrogens with zero attached hydrogens (tertiary/aromatic N) is 12. The lowest BCUT2D eigenvalue weighted by Crippen LogP contribution is -2.03. The van der Waals surface area contributed by atoms with E-state index in [0.29, 0.717) is 105 Å². The average Bonchev–Trinajstić information content (AvgIpc) is 0.746. The number of fused-ring (bicyclic) bond motifs is 7. The van der Waals surface area contributed by atoms with Gasteiger partial charge in [-0.2, -0.15) is 39.9 Å². The second-order valence-corrected chi connectivity index (χ2v) is 29.5. The molecule has 0 saturated carbocycles. The van der Waals surface area contributed by atoms with E-state index in [1.165, 1.54) is 71.8 Å². The third kappa shape index (κ3) is 16.4. The van der Waals surface area contributed by atoms with E-state index in [9.17, 15) is 20.4 Å². The summed E-state index contributed by atoms with van der Waals surface area (Å²) in [7, 11) is 9.17. The van der Waals surface area contributed by atoms with Gasteiger partial charge in [0.15, 0.2) is 46.6 Å². The Kier molecular flexibility index (Phi) is 22.9. The summed E-state index contributed by atoms with van der Waals surface area (Å²) in [5.74, 6) is 5.50. The zero-order valence-corrected chi connectivity index (χ0v) is 70.5. The summed E-state index contributed by atoms with van der Waals surface area (Å²) in [4.78, 5) is 54.5. The van der Waals surface area contributed by atoms with Crippen LogP contribution in [0.1, 0.15) is 13.8 Å². The van der Waals surface area contributed by atoms with Gasteiger partial charge in [0.05, 0.1) is 78.1 Å². The molecule has 0 aliphatic rings. The monoisotopic (exact) mass is 1690 g/mol. The number of aromatic hydroxyl groups is 4. The Morgan fingerprint density at radius 1 is 0.211 bits per heavy atom. The van der Waals surface area contributed by atoms with E-state index in [1.54, 1.807) is 75.9 Å². The van der Waals surface area contributed by atoms with Gasteiger partial charge >= 0.3 is 24.0 Å². The minimum atomic E-state index is 0.0151. The summed E-state index contributed by atoms with van der Waals surface area (Å²) in [6.45, 7) is 4.70. The molecular weight excluding hydrogens is 1610 g/mol. The van der Waals surface area contributed by atoms with Crippen molar-refractivity contribution in [3.63, 3.8) is 0 Å². The summed E-state index contributed by atoms with van der Waals surface area (Å²) in [6.07, 6.45) is 0. The number of benzene rings is 17. The fourth-order valence-electron chi connectivity index (χ4n) is 15.8. The fraction of sp³-hybridized carbons (Fsp3) is 0.0962. The van der Waals surface area contributed by atoms with Crippen molar-refractivity contribution in [2.24, 2.45) is 0 Å². The van der Waals surface area contributed by atoms with Crippen LogP contribution < -0.4 is 37.9 Å². The second-order valence-electron chi connectivity index (χ2n) is 29.5. The quantitative estimate of drug-likeness (QED) is 0.0458. The molecule has 0 spiro atoms. The van der Waals surface area contributed by atoms with Crippen molar-refractivity contribution >= 4 is 97.0 Å². The molecule has 0 atom stereocenters. The summed E-state index contributed by atoms with van der Waals surface area (Å²) < 4.78 is 42.7. The largest absolute Gasteiger partial charge is 0.507 e. The van der Waals surface area contributed by atoms with Gasteiger partial charge in [0.1, 0.15) is 46.0 Å². The molecule has 0 unspecified atom stereocenters. The van der Waals surface area contributed by atoms with E-state index in [4.69, 9.17) is 52.8 Å². The van der Waals surface area contributed by atoms with Gasteiger partial charge in [-0.05, 0) is 196 Å². The lowest BCUT2D eigenvalue weighted by atomic mass is 9.92. The molecule has 21 rings (SSSR count). The Labute approximate surface area is 733 Å². The highest BCUT2D eigenvalue weighted by Crippen LogP contribution is 2.44. The van der Waals surface area contributed by atoms with Gasteiger partial charge in [-0.1, -0.05) is 182 Å². The Morgan fingerprint density at radius 3 is 1.05 bits per heavy atom. The summed E-state index contributed by atoms with van der Waals surface area (Å²) in [5.41, 5.74) is 5.35. The first-order valence-electron chi connectivity index (χ1n) is 40.9. The number of hydrogen-bond acceptors (Lipinski definition) is 24. The van der Waals surface area contributed by atoms with E-state index in [2.05, 4.69) is 190 Å². The summed E-state index contributed by atoms with van der Waals surface area (Å²) >= 11 is 0. The Bertz CT molecular complexity index is 7730. The van der Waals surface area contributed by atoms with Crippen LogP contribution in [0.2, 0.25) is 0 Å². The van der Waals surface area contributed by atoms with Gasteiger partial charge < -0.3 is 58.3 Å². The average molecular weight is 1690 g/mol. The smallest absolute Gasteiger partial charge is 0.320 e. The highest BCUT2D eigenvalue weighted by molar-refractivity contribution is 6.25. The molecule has 24 heteroatoms. The van der Waals surface area contributed by atoms with E-state index >= 15 is 0 Å². The lowest BCUT2D eigenvalue weighted by Gasteiger charge is -2.14. The third-order valence-electron chi connectivity index (χ3n) is 21.9. The van der Waals surface area contributed by atoms with Gasteiger partial charge in [0, 0.05) is 46.5 Å². The minimum Gasteiger partial charge on any atom is -0.507 e. The van der Waals surface area contributed by atoms with Crippen LogP contribution in [0.5, 0.6) is 70.0 Å². The normalized spacial score (nSPS) is 11.2. The third-order valence-corrected chi connectivity index (χ3v) is 21.9. The number of phenols is 4. The molecule has 0 radical (unpaired) electrons. The maximum atomic E-state index is 10.6. The number of aromatic nitrogens is 12. The number of hydrogen-bond donors (Lipinski definition) is 4. The SMILES string of the molecule is CCOc1ccc(-c2nc(OCC)nc(-c3ccc4cc5ccccc5cc4c3)n2)c(O)c1.COc1ccc(-c2nc(OC)nc(-c3c4ccccc4cc4ccccc34)n2)c(O)c1.COc1ccc(-c2nc(OC)nc(-c3cc4ccccc4c4ccccc34)n2)c(O)c1.COc1ccc(-c2nc(OC)nc(-c3ccc4ccc5cccc6ccc3c4c56)n2)c(O)c1. The van der Waals surface area contributed by atoms with Crippen molar-refractivity contribution in [2.75, 3.05) is 55.9 Å². The standard InChI is InChI=1S/C27H19N3O3.C27H23N3O3.2C25H19N3O3/c1-32-18-10-13-21(22(31)14-18)26-28-25(29-27(30-26)33-2)20-12-9-17-7-6-15-4-3-5-16-8-11-19(20)24(17)23(15)16;1-3-32-22-11-12-23(24(31)16-22)26-28-25(29-27(30-26)33-4-2)20-10-9-19-13-17-7-5-6-8-18(17)14-21(19)15-20;1-30-17-11-12-20(21(29)14-17)23-26-24(28-25(27-23)31-2)22-18-9-5-3-7-15(18)13-16-8-4-6-10-19(16)22;1-30-16-11-12-20(22(29)14-16)23-26-24(28-25(27-23)31-2)21-13-15-7-3-4-8-17(15)18-9-5-6-10-19(18)21/h3-14,31H,1-2H3;5-16,31H,3-4H2,1-2H3;2*3-14,29H,1-2H3. The van der Waals surface area contributed by atoms with Crippen LogP contribution in [0.4, 0.5) is 0 Å². The van der Waals surface area contributed by atoms with Crippen molar-refractivity contribution in [3.05, 3.63) is 291 Å². The van der Waals surface area contributed by atoms with Gasteiger partial charge in [-0.25, -0.2) is 19.9 Å². The molecule has 128 heavy (non-hydrogen) atoms. The van der Waals surface area contributed by atoms with Crippen molar-refractivity contribution in [3.8, 4) is 161 Å². The number of rotatable bonds is 18. The molecule has 0 fully saturated rings.